The van der Waals surface area contributed by atoms with Crippen LogP contribution < -0.4 is 20.1 Å². The topological polar surface area (TPSA) is 89.0 Å². The molecule has 0 saturated heterocycles. The summed E-state index contributed by atoms with van der Waals surface area (Å²) in [5, 5.41) is 5.43. The van der Waals surface area contributed by atoms with Crippen molar-refractivity contribution in [2.24, 2.45) is 4.99 Å². The largest absolute Gasteiger partial charge is 0.454 e. The number of anilines is 1. The van der Waals surface area contributed by atoms with Gasteiger partial charge in [-0.05, 0) is 12.1 Å². The molecule has 2 N–H and O–H groups in total. The van der Waals surface area contributed by atoms with Gasteiger partial charge in [0.25, 0.3) is 0 Å². The second-order valence-corrected chi connectivity index (χ2v) is 5.10. The number of carbonyl (C=O) groups is 2. The summed E-state index contributed by atoms with van der Waals surface area (Å²) >= 11 is 1.41. The summed E-state index contributed by atoms with van der Waals surface area (Å²) in [6, 6.07) is 4.92. The first-order valence-electron chi connectivity index (χ1n) is 5.91. The maximum absolute atomic E-state index is 11.7. The summed E-state index contributed by atoms with van der Waals surface area (Å²) in [4.78, 5) is 27.4. The first-order valence-corrected chi connectivity index (χ1v) is 6.90. The highest BCUT2D eigenvalue weighted by Gasteiger charge is 2.19. The van der Waals surface area contributed by atoms with E-state index in [9.17, 15) is 9.59 Å². The Morgan fingerprint density at radius 1 is 1.15 bits per heavy atom. The van der Waals surface area contributed by atoms with Crippen LogP contribution in [0, 0.1) is 0 Å². The molecule has 1 aromatic rings. The highest BCUT2D eigenvalue weighted by atomic mass is 32.2. The minimum atomic E-state index is -0.751. The van der Waals surface area contributed by atoms with Crippen molar-refractivity contribution in [1.82, 2.24) is 5.32 Å². The molecule has 2 aliphatic heterocycles. The molecule has 3 rings (SSSR count). The second-order valence-electron chi connectivity index (χ2n) is 4.01. The van der Waals surface area contributed by atoms with Crippen molar-refractivity contribution < 1.29 is 19.1 Å². The lowest BCUT2D eigenvalue weighted by Crippen LogP contribution is -2.37. The normalized spacial score (nSPS) is 15.7. The fourth-order valence-corrected chi connectivity index (χ4v) is 2.45. The Kier molecular flexibility index (Phi) is 3.46. The number of thioether (sulfide) groups is 1. The fourth-order valence-electron chi connectivity index (χ4n) is 1.73. The van der Waals surface area contributed by atoms with Gasteiger partial charge in [-0.25, -0.2) is 0 Å². The maximum atomic E-state index is 11.7. The Labute approximate surface area is 118 Å². The van der Waals surface area contributed by atoms with Crippen LogP contribution >= 0.6 is 11.8 Å². The summed E-state index contributed by atoms with van der Waals surface area (Å²) in [6.07, 6.45) is 0. The lowest BCUT2D eigenvalue weighted by molar-refractivity contribution is -0.135. The molecule has 7 nitrogen and oxygen atoms in total. The van der Waals surface area contributed by atoms with Gasteiger partial charge in [-0.3, -0.25) is 19.9 Å². The minimum Gasteiger partial charge on any atom is -0.454 e. The maximum Gasteiger partial charge on any atom is 0.315 e. The van der Waals surface area contributed by atoms with Gasteiger partial charge in [-0.1, -0.05) is 11.8 Å². The molecule has 0 aliphatic carbocycles. The van der Waals surface area contributed by atoms with Crippen molar-refractivity contribution in [3.63, 3.8) is 0 Å². The average molecular weight is 293 g/mol. The van der Waals surface area contributed by atoms with Crippen LogP contribution in [0.5, 0.6) is 11.5 Å². The zero-order chi connectivity index (χ0) is 13.9. The standard InChI is InChI=1S/C12H11N3O4S/c16-10(11(17)15-12-13-3-4-20-12)14-7-1-2-8-9(5-7)19-6-18-8/h1-2,5H,3-4,6H2,(H,14,16)(H,13,15,17). The zero-order valence-electron chi connectivity index (χ0n) is 10.3. The molecule has 0 fully saturated rings. The summed E-state index contributed by atoms with van der Waals surface area (Å²) in [7, 11) is 0. The molecule has 2 heterocycles. The summed E-state index contributed by atoms with van der Waals surface area (Å²) in [5.74, 6) is 0.484. The van der Waals surface area contributed by atoms with E-state index in [0.717, 1.165) is 5.75 Å². The van der Waals surface area contributed by atoms with Gasteiger partial charge < -0.3 is 14.8 Å². The quantitative estimate of drug-likeness (QED) is 0.739. The van der Waals surface area contributed by atoms with Crippen LogP contribution in [-0.2, 0) is 9.59 Å². The number of ether oxygens (including phenoxy) is 2. The van der Waals surface area contributed by atoms with Crippen molar-refractivity contribution in [2.75, 3.05) is 24.4 Å². The molecule has 2 aliphatic rings. The van der Waals surface area contributed by atoms with Crippen molar-refractivity contribution in [3.8, 4) is 11.5 Å². The molecule has 0 radical (unpaired) electrons. The van der Waals surface area contributed by atoms with Gasteiger partial charge >= 0.3 is 11.8 Å². The van der Waals surface area contributed by atoms with Crippen molar-refractivity contribution in [1.29, 1.82) is 0 Å². The molecule has 1 aromatic carbocycles. The van der Waals surface area contributed by atoms with Gasteiger partial charge in [0.15, 0.2) is 16.7 Å². The third-order valence-corrected chi connectivity index (χ3v) is 3.53. The number of amides is 2. The number of nitrogens with one attached hydrogen (secondary N) is 2. The molecule has 20 heavy (non-hydrogen) atoms. The number of nitrogens with zero attached hydrogens (tertiary/aromatic N) is 1. The van der Waals surface area contributed by atoms with Gasteiger partial charge in [0.2, 0.25) is 6.79 Å². The Morgan fingerprint density at radius 3 is 2.75 bits per heavy atom. The van der Waals surface area contributed by atoms with Crippen molar-refractivity contribution in [2.45, 2.75) is 0 Å². The summed E-state index contributed by atoms with van der Waals surface area (Å²) in [5.41, 5.74) is 0.468. The number of benzene rings is 1. The van der Waals surface area contributed by atoms with E-state index in [2.05, 4.69) is 15.6 Å². The van der Waals surface area contributed by atoms with E-state index in [-0.39, 0.29) is 6.79 Å². The highest BCUT2D eigenvalue weighted by Crippen LogP contribution is 2.34. The Bertz CT molecular complexity index is 602. The zero-order valence-corrected chi connectivity index (χ0v) is 11.2. The molecule has 104 valence electrons. The number of fused-ring (bicyclic) bond motifs is 1. The van der Waals surface area contributed by atoms with Gasteiger partial charge in [0.05, 0.1) is 6.54 Å². The molecule has 0 saturated carbocycles. The van der Waals surface area contributed by atoms with Gasteiger partial charge in [-0.15, -0.1) is 0 Å². The Balaban J connectivity index is 1.62. The van der Waals surface area contributed by atoms with Gasteiger partial charge in [0.1, 0.15) is 0 Å². The van der Waals surface area contributed by atoms with Crippen molar-refractivity contribution >= 4 is 34.4 Å². The van der Waals surface area contributed by atoms with E-state index in [1.165, 1.54) is 11.8 Å². The van der Waals surface area contributed by atoms with Gasteiger partial charge in [-0.2, -0.15) is 0 Å². The number of carbonyl (C=O) groups excluding carboxylic acids is 2. The van der Waals surface area contributed by atoms with Gasteiger partial charge in [0, 0.05) is 17.5 Å². The van der Waals surface area contributed by atoms with Crippen LogP contribution in [0.4, 0.5) is 5.69 Å². The predicted molar refractivity (Wildman–Crippen MR) is 74.1 cm³/mol. The third kappa shape index (κ3) is 2.69. The van der Waals surface area contributed by atoms with Crippen LogP contribution in [0.1, 0.15) is 0 Å². The van der Waals surface area contributed by atoms with Crippen LogP contribution in [0.25, 0.3) is 0 Å². The number of rotatable bonds is 1. The SMILES string of the molecule is O=C(NC1=NCCS1)C(=O)Nc1ccc2c(c1)OCO2. The average Bonchev–Trinajstić information content (AvgIpc) is 3.08. The number of amidine groups is 1. The van der Waals surface area contributed by atoms with Crippen LogP contribution in [0.3, 0.4) is 0 Å². The monoisotopic (exact) mass is 293 g/mol. The van der Waals surface area contributed by atoms with E-state index in [0.29, 0.717) is 28.9 Å². The van der Waals surface area contributed by atoms with Crippen LogP contribution in [-0.4, -0.2) is 36.1 Å². The van der Waals surface area contributed by atoms with Crippen LogP contribution in [0.15, 0.2) is 23.2 Å². The number of hydrogen-bond donors (Lipinski definition) is 2. The van der Waals surface area contributed by atoms with Crippen molar-refractivity contribution in [3.05, 3.63) is 18.2 Å². The van der Waals surface area contributed by atoms with E-state index in [1.54, 1.807) is 18.2 Å². The lowest BCUT2D eigenvalue weighted by atomic mass is 10.3. The predicted octanol–water partition coefficient (Wildman–Crippen LogP) is 0.573. The first kappa shape index (κ1) is 12.8. The molecule has 0 bridgehead atoms. The van der Waals surface area contributed by atoms with E-state index in [4.69, 9.17) is 9.47 Å². The smallest absolute Gasteiger partial charge is 0.315 e. The van der Waals surface area contributed by atoms with E-state index < -0.39 is 11.8 Å². The molecule has 0 unspecified atom stereocenters. The molecule has 0 spiro atoms. The molecular formula is C12H11N3O4S. The molecule has 0 aromatic heterocycles. The third-order valence-electron chi connectivity index (χ3n) is 2.64. The molecule has 2 amide bonds. The second kappa shape index (κ2) is 5.41. The molecule has 8 heteroatoms. The molecular weight excluding hydrogens is 282 g/mol. The van der Waals surface area contributed by atoms with E-state index >= 15 is 0 Å². The number of aliphatic imine (C=N–C) groups is 1. The highest BCUT2D eigenvalue weighted by molar-refractivity contribution is 8.14. The first-order chi connectivity index (χ1) is 9.72. The Hall–Kier alpha value is -2.22. The Morgan fingerprint density at radius 2 is 1.95 bits per heavy atom. The molecule has 0 atom stereocenters. The summed E-state index contributed by atoms with van der Waals surface area (Å²) in [6.45, 7) is 0.814. The lowest BCUT2D eigenvalue weighted by Gasteiger charge is -2.06. The fraction of sp³-hybridized carbons (Fsp3) is 0.250. The number of hydrogen-bond acceptors (Lipinski definition) is 6. The van der Waals surface area contributed by atoms with Crippen LogP contribution in [0.2, 0.25) is 0 Å². The van der Waals surface area contributed by atoms with E-state index in [1.807, 2.05) is 0 Å². The summed E-state index contributed by atoms with van der Waals surface area (Å²) < 4.78 is 10.4. The minimum absolute atomic E-state index is 0.157.